The monoisotopic (exact) mass is 394 g/mol. The Labute approximate surface area is 146 Å². The molecule has 0 radical (unpaired) electrons. The van der Waals surface area contributed by atoms with E-state index >= 15 is 0 Å². The third-order valence-electron chi connectivity index (χ3n) is 3.71. The highest BCUT2D eigenvalue weighted by Crippen LogP contribution is 2.29. The van der Waals surface area contributed by atoms with Gasteiger partial charge in [-0.05, 0) is 37.6 Å². The molecule has 3 rings (SSSR count). The normalized spacial score (nSPS) is 17.6. The van der Waals surface area contributed by atoms with Crippen molar-refractivity contribution in [1.82, 2.24) is 10.2 Å². The fraction of sp³-hybridized carbons (Fsp3) is 0.333. The van der Waals surface area contributed by atoms with Crippen molar-refractivity contribution in [2.45, 2.75) is 20.3 Å². The molecule has 1 aliphatic heterocycles. The summed E-state index contributed by atoms with van der Waals surface area (Å²) in [4.78, 5) is 26.2. The maximum atomic E-state index is 12.3. The number of nitrogens with one attached hydrogen (secondary N) is 1. The van der Waals surface area contributed by atoms with Crippen LogP contribution in [0.3, 0.4) is 0 Å². The Hall–Kier alpha value is -1.80. The van der Waals surface area contributed by atoms with Crippen molar-refractivity contribution in [3.8, 4) is 0 Å². The summed E-state index contributed by atoms with van der Waals surface area (Å²) in [5.74, 6) is -0.609. The summed E-state index contributed by atoms with van der Waals surface area (Å²) < 4.78 is 0.994. The number of hydrogen-bond acceptors (Lipinski definition) is 5. The van der Waals surface area contributed by atoms with Crippen molar-refractivity contribution in [1.29, 1.82) is 0 Å². The van der Waals surface area contributed by atoms with Gasteiger partial charge in [0.2, 0.25) is 16.9 Å². The number of aryl methyl sites for hydroxylation is 2. The zero-order valence-electron chi connectivity index (χ0n) is 12.7. The van der Waals surface area contributed by atoms with Crippen LogP contribution >= 0.6 is 27.3 Å². The summed E-state index contributed by atoms with van der Waals surface area (Å²) in [5.41, 5.74) is 1.87. The molecular formula is C15H15BrN4O2S. The van der Waals surface area contributed by atoms with Crippen LogP contribution in [0, 0.1) is 19.8 Å². The van der Waals surface area contributed by atoms with Crippen LogP contribution in [0.2, 0.25) is 0 Å². The molecule has 6 nitrogen and oxygen atoms in total. The second kappa shape index (κ2) is 6.37. The van der Waals surface area contributed by atoms with Crippen molar-refractivity contribution in [2.75, 3.05) is 16.8 Å². The van der Waals surface area contributed by atoms with Crippen LogP contribution in [0.15, 0.2) is 22.7 Å². The van der Waals surface area contributed by atoms with Gasteiger partial charge >= 0.3 is 0 Å². The van der Waals surface area contributed by atoms with Gasteiger partial charge in [-0.1, -0.05) is 27.3 Å². The number of amides is 2. The Kier molecular flexibility index (Phi) is 4.45. The molecule has 0 spiro atoms. The van der Waals surface area contributed by atoms with E-state index in [2.05, 4.69) is 31.4 Å². The first-order chi connectivity index (χ1) is 10.9. The van der Waals surface area contributed by atoms with Crippen LogP contribution in [0.1, 0.15) is 17.0 Å². The van der Waals surface area contributed by atoms with Gasteiger partial charge in [0.05, 0.1) is 5.92 Å². The van der Waals surface area contributed by atoms with Gasteiger partial charge in [0.15, 0.2) is 0 Å². The van der Waals surface area contributed by atoms with Crippen molar-refractivity contribution < 1.29 is 9.59 Å². The molecule has 120 valence electrons. The standard InChI is InChI=1S/C15H15BrN4O2S/c1-8-5-11(3-4-12(8)16)20-7-10(6-13(20)21)14(22)17-15-19-18-9(2)23-15/h3-5,10H,6-7H2,1-2H3,(H,17,19,22). The summed E-state index contributed by atoms with van der Waals surface area (Å²) in [7, 11) is 0. The third-order valence-corrected chi connectivity index (χ3v) is 5.35. The fourth-order valence-corrected chi connectivity index (χ4v) is 3.33. The predicted molar refractivity (Wildman–Crippen MR) is 92.6 cm³/mol. The molecule has 8 heteroatoms. The predicted octanol–water partition coefficient (Wildman–Crippen LogP) is 2.91. The van der Waals surface area contributed by atoms with Crippen molar-refractivity contribution in [3.63, 3.8) is 0 Å². The van der Waals surface area contributed by atoms with Crippen LogP contribution in [0.25, 0.3) is 0 Å². The van der Waals surface area contributed by atoms with E-state index in [0.29, 0.717) is 11.7 Å². The van der Waals surface area contributed by atoms with Gasteiger partial charge < -0.3 is 10.2 Å². The summed E-state index contributed by atoms with van der Waals surface area (Å²) in [6.07, 6.45) is 0.207. The van der Waals surface area contributed by atoms with E-state index in [-0.39, 0.29) is 24.2 Å². The molecule has 1 unspecified atom stereocenters. The van der Waals surface area contributed by atoms with Crippen molar-refractivity contribution in [2.24, 2.45) is 5.92 Å². The van der Waals surface area contributed by atoms with E-state index in [0.717, 1.165) is 20.7 Å². The van der Waals surface area contributed by atoms with Gasteiger partial charge in [-0.15, -0.1) is 10.2 Å². The topological polar surface area (TPSA) is 75.2 Å². The summed E-state index contributed by atoms with van der Waals surface area (Å²) in [5, 5.41) is 11.7. The quantitative estimate of drug-likeness (QED) is 0.867. The number of rotatable bonds is 3. The maximum absolute atomic E-state index is 12.3. The molecule has 1 saturated heterocycles. The van der Waals surface area contributed by atoms with E-state index in [1.807, 2.05) is 32.0 Å². The lowest BCUT2D eigenvalue weighted by Gasteiger charge is -2.17. The largest absolute Gasteiger partial charge is 0.312 e. The first-order valence-electron chi connectivity index (χ1n) is 7.11. The Balaban J connectivity index is 1.71. The van der Waals surface area contributed by atoms with Crippen LogP contribution in [-0.2, 0) is 9.59 Å². The van der Waals surface area contributed by atoms with E-state index < -0.39 is 0 Å². The molecule has 2 amide bonds. The second-order valence-electron chi connectivity index (χ2n) is 5.45. The highest BCUT2D eigenvalue weighted by Gasteiger charge is 2.35. The van der Waals surface area contributed by atoms with Gasteiger partial charge in [-0.2, -0.15) is 0 Å². The lowest BCUT2D eigenvalue weighted by molar-refractivity contribution is -0.122. The number of halogens is 1. The third kappa shape index (κ3) is 3.42. The molecule has 1 fully saturated rings. The molecule has 2 heterocycles. The maximum Gasteiger partial charge on any atom is 0.231 e. The van der Waals surface area contributed by atoms with Crippen LogP contribution in [0.5, 0.6) is 0 Å². The molecule has 0 saturated carbocycles. The highest BCUT2D eigenvalue weighted by atomic mass is 79.9. The van der Waals surface area contributed by atoms with Gasteiger partial charge in [0, 0.05) is 23.1 Å². The number of anilines is 2. The molecular weight excluding hydrogens is 380 g/mol. The zero-order chi connectivity index (χ0) is 16.6. The molecule has 1 atom stereocenters. The first-order valence-corrected chi connectivity index (χ1v) is 8.72. The molecule has 23 heavy (non-hydrogen) atoms. The first kappa shape index (κ1) is 16.1. The second-order valence-corrected chi connectivity index (χ2v) is 7.49. The Morgan fingerprint density at radius 1 is 1.39 bits per heavy atom. The average Bonchev–Trinajstić information content (AvgIpc) is 3.08. The minimum absolute atomic E-state index is 0.0414. The van der Waals surface area contributed by atoms with E-state index in [1.54, 1.807) is 4.90 Å². The number of nitrogens with zero attached hydrogens (tertiary/aromatic N) is 3. The fourth-order valence-electron chi connectivity index (χ4n) is 2.48. The Morgan fingerprint density at radius 3 is 2.83 bits per heavy atom. The van der Waals surface area contributed by atoms with E-state index in [1.165, 1.54) is 11.3 Å². The van der Waals surface area contributed by atoms with E-state index in [9.17, 15) is 9.59 Å². The minimum atomic E-state index is -0.379. The number of benzene rings is 1. The van der Waals surface area contributed by atoms with Gasteiger partial charge in [-0.25, -0.2) is 0 Å². The lowest BCUT2D eigenvalue weighted by Crippen LogP contribution is -2.28. The molecule has 1 aromatic carbocycles. The van der Waals surface area contributed by atoms with Crippen LogP contribution in [0.4, 0.5) is 10.8 Å². The van der Waals surface area contributed by atoms with Crippen LogP contribution < -0.4 is 10.2 Å². The average molecular weight is 395 g/mol. The minimum Gasteiger partial charge on any atom is -0.312 e. The summed E-state index contributed by atoms with van der Waals surface area (Å²) in [6.45, 7) is 4.17. The van der Waals surface area contributed by atoms with Gasteiger partial charge in [0.25, 0.3) is 0 Å². The Morgan fingerprint density at radius 2 is 2.17 bits per heavy atom. The summed E-state index contributed by atoms with van der Waals surface area (Å²) in [6, 6.07) is 5.73. The number of carbonyl (C=O) groups is 2. The van der Waals surface area contributed by atoms with E-state index in [4.69, 9.17) is 0 Å². The SMILES string of the molecule is Cc1nnc(NC(=O)C2CC(=O)N(c3ccc(Br)c(C)c3)C2)s1. The van der Waals surface area contributed by atoms with Crippen LogP contribution in [-0.4, -0.2) is 28.6 Å². The molecule has 2 aromatic rings. The molecule has 0 bridgehead atoms. The summed E-state index contributed by atoms with van der Waals surface area (Å²) >= 11 is 4.77. The Bertz CT molecular complexity index is 777. The molecule has 1 N–H and O–H groups in total. The zero-order valence-corrected chi connectivity index (χ0v) is 15.1. The number of carbonyl (C=O) groups excluding carboxylic acids is 2. The lowest BCUT2D eigenvalue weighted by atomic mass is 10.1. The number of hydrogen-bond donors (Lipinski definition) is 1. The van der Waals surface area contributed by atoms with Gasteiger partial charge in [-0.3, -0.25) is 9.59 Å². The smallest absolute Gasteiger partial charge is 0.231 e. The van der Waals surface area contributed by atoms with Gasteiger partial charge in [0.1, 0.15) is 5.01 Å². The molecule has 1 aliphatic rings. The van der Waals surface area contributed by atoms with Crippen molar-refractivity contribution in [3.05, 3.63) is 33.2 Å². The number of aromatic nitrogens is 2. The molecule has 0 aliphatic carbocycles. The van der Waals surface area contributed by atoms with Crippen molar-refractivity contribution >= 4 is 49.9 Å². The molecule has 1 aromatic heterocycles. The highest BCUT2D eigenvalue weighted by molar-refractivity contribution is 9.10.